The van der Waals surface area contributed by atoms with Crippen molar-refractivity contribution in [2.24, 2.45) is 0 Å². The molecule has 0 bridgehead atoms. The van der Waals surface area contributed by atoms with Crippen molar-refractivity contribution in [1.82, 2.24) is 10.1 Å². The molecule has 0 unspecified atom stereocenters. The van der Waals surface area contributed by atoms with Crippen molar-refractivity contribution in [3.05, 3.63) is 30.0 Å². The fourth-order valence-corrected chi connectivity index (χ4v) is 1.30. The third-order valence-electron chi connectivity index (χ3n) is 2.02. The van der Waals surface area contributed by atoms with Crippen LogP contribution in [-0.2, 0) is 0 Å². The van der Waals surface area contributed by atoms with Crippen molar-refractivity contribution < 1.29 is 9.32 Å². The van der Waals surface area contributed by atoms with Crippen molar-refractivity contribution in [3.63, 3.8) is 0 Å². The number of para-hydroxylation sites is 1. The van der Waals surface area contributed by atoms with Crippen molar-refractivity contribution in [3.8, 4) is 0 Å². The van der Waals surface area contributed by atoms with Crippen LogP contribution in [0, 0.1) is 0 Å². The molecule has 4 heteroatoms. The lowest BCUT2D eigenvalue weighted by molar-refractivity contribution is 0.0828. The second-order valence-corrected chi connectivity index (χ2v) is 3.25. The zero-order valence-corrected chi connectivity index (χ0v) is 8.02. The second-order valence-electron chi connectivity index (χ2n) is 3.25. The van der Waals surface area contributed by atoms with E-state index in [0.29, 0.717) is 11.1 Å². The third kappa shape index (κ3) is 1.25. The van der Waals surface area contributed by atoms with Gasteiger partial charge in [-0.2, -0.15) is 0 Å². The second kappa shape index (κ2) is 3.14. The number of aromatic nitrogens is 1. The van der Waals surface area contributed by atoms with Crippen molar-refractivity contribution in [2.45, 2.75) is 0 Å². The summed E-state index contributed by atoms with van der Waals surface area (Å²) in [6.07, 6.45) is 1.60. The molecule has 0 atom stereocenters. The summed E-state index contributed by atoms with van der Waals surface area (Å²) in [4.78, 5) is 13.2. The van der Waals surface area contributed by atoms with E-state index in [0.717, 1.165) is 5.39 Å². The van der Waals surface area contributed by atoms with E-state index in [1.807, 2.05) is 12.1 Å². The highest BCUT2D eigenvalue weighted by Gasteiger charge is 2.14. The number of rotatable bonds is 1. The third-order valence-corrected chi connectivity index (χ3v) is 2.02. The summed E-state index contributed by atoms with van der Waals surface area (Å²) < 4.78 is 5.02. The van der Waals surface area contributed by atoms with E-state index in [9.17, 15) is 4.79 Å². The van der Waals surface area contributed by atoms with Crippen molar-refractivity contribution in [2.75, 3.05) is 14.1 Å². The van der Waals surface area contributed by atoms with Crippen LogP contribution in [0.15, 0.2) is 28.9 Å². The molecule has 14 heavy (non-hydrogen) atoms. The zero-order valence-electron chi connectivity index (χ0n) is 8.02. The molecule has 2 rings (SSSR count). The summed E-state index contributed by atoms with van der Waals surface area (Å²) in [5.74, 6) is -0.0765. The Labute approximate surface area is 81.1 Å². The molecule has 0 saturated heterocycles. The molecule has 2 aromatic rings. The van der Waals surface area contributed by atoms with Gasteiger partial charge in [0.1, 0.15) is 0 Å². The summed E-state index contributed by atoms with van der Waals surface area (Å²) in [7, 11) is 3.41. The Hall–Kier alpha value is -1.84. The molecular weight excluding hydrogens is 180 g/mol. The van der Waals surface area contributed by atoms with Gasteiger partial charge in [-0.25, -0.2) is 0 Å². The van der Waals surface area contributed by atoms with Gasteiger partial charge in [-0.1, -0.05) is 11.2 Å². The molecule has 1 aromatic carbocycles. The maximum absolute atomic E-state index is 11.7. The topological polar surface area (TPSA) is 46.3 Å². The number of hydrogen-bond acceptors (Lipinski definition) is 3. The van der Waals surface area contributed by atoms with E-state index < -0.39 is 0 Å². The van der Waals surface area contributed by atoms with Gasteiger partial charge in [0.25, 0.3) is 5.91 Å². The molecule has 1 amide bonds. The molecule has 1 aromatic heterocycles. The van der Waals surface area contributed by atoms with Crippen LogP contribution in [0.3, 0.4) is 0 Å². The van der Waals surface area contributed by atoms with E-state index in [1.54, 1.807) is 26.4 Å². The Balaban J connectivity index is 2.62. The van der Waals surface area contributed by atoms with Crippen LogP contribution in [0.2, 0.25) is 0 Å². The first kappa shape index (κ1) is 8.74. The maximum atomic E-state index is 11.7. The van der Waals surface area contributed by atoms with Gasteiger partial charge in [0, 0.05) is 19.5 Å². The molecule has 0 aliphatic heterocycles. The predicted molar refractivity (Wildman–Crippen MR) is 52.0 cm³/mol. The molecule has 1 heterocycles. The van der Waals surface area contributed by atoms with Gasteiger partial charge in [0.15, 0.2) is 5.58 Å². The summed E-state index contributed by atoms with van der Waals surface area (Å²) >= 11 is 0. The van der Waals surface area contributed by atoms with Gasteiger partial charge in [-0.3, -0.25) is 4.79 Å². The lowest BCUT2D eigenvalue weighted by atomic mass is 10.1. The van der Waals surface area contributed by atoms with Crippen LogP contribution in [-0.4, -0.2) is 30.1 Å². The highest BCUT2D eigenvalue weighted by atomic mass is 16.5. The van der Waals surface area contributed by atoms with Crippen molar-refractivity contribution in [1.29, 1.82) is 0 Å². The molecule has 72 valence electrons. The lowest BCUT2D eigenvalue weighted by Crippen LogP contribution is -2.21. The Kier molecular flexibility index (Phi) is 1.96. The fourth-order valence-electron chi connectivity index (χ4n) is 1.30. The minimum absolute atomic E-state index is 0.0765. The Morgan fingerprint density at radius 2 is 2.21 bits per heavy atom. The minimum Gasteiger partial charge on any atom is -0.355 e. The van der Waals surface area contributed by atoms with E-state index >= 15 is 0 Å². The molecular formula is C10H10N2O2. The molecule has 0 radical (unpaired) electrons. The predicted octanol–water partition coefficient (Wildman–Crippen LogP) is 1.53. The Bertz CT molecular complexity index is 474. The van der Waals surface area contributed by atoms with E-state index in [4.69, 9.17) is 4.52 Å². The van der Waals surface area contributed by atoms with Crippen LogP contribution in [0.1, 0.15) is 10.4 Å². The largest absolute Gasteiger partial charge is 0.355 e. The van der Waals surface area contributed by atoms with Crippen LogP contribution in [0.4, 0.5) is 0 Å². The standard InChI is InChI=1S/C10H10N2O2/c1-12(2)10(13)8-5-3-4-7-6-11-14-9(7)8/h3-6H,1-2H3. The van der Waals surface area contributed by atoms with Crippen LogP contribution in [0.25, 0.3) is 11.0 Å². The number of carbonyl (C=O) groups excluding carboxylic acids is 1. The van der Waals surface area contributed by atoms with E-state index in [-0.39, 0.29) is 5.91 Å². The number of amides is 1. The number of fused-ring (bicyclic) bond motifs is 1. The highest BCUT2D eigenvalue weighted by molar-refractivity contribution is 6.04. The molecule has 0 N–H and O–H groups in total. The van der Waals surface area contributed by atoms with E-state index in [1.165, 1.54) is 4.90 Å². The van der Waals surface area contributed by atoms with Crippen LogP contribution in [0.5, 0.6) is 0 Å². The number of nitrogens with zero attached hydrogens (tertiary/aromatic N) is 2. The zero-order chi connectivity index (χ0) is 10.1. The first-order chi connectivity index (χ1) is 6.70. The summed E-state index contributed by atoms with van der Waals surface area (Å²) in [5, 5.41) is 4.50. The fraction of sp³-hybridized carbons (Fsp3) is 0.200. The molecule has 0 aliphatic carbocycles. The average molecular weight is 190 g/mol. The Morgan fingerprint density at radius 3 is 2.93 bits per heavy atom. The van der Waals surface area contributed by atoms with Crippen LogP contribution >= 0.6 is 0 Å². The molecule has 0 aliphatic rings. The van der Waals surface area contributed by atoms with Gasteiger partial charge in [-0.05, 0) is 12.1 Å². The van der Waals surface area contributed by atoms with Gasteiger partial charge in [0.05, 0.1) is 11.8 Å². The van der Waals surface area contributed by atoms with E-state index in [2.05, 4.69) is 5.16 Å². The number of carbonyl (C=O) groups is 1. The quantitative estimate of drug-likeness (QED) is 0.685. The number of hydrogen-bond donors (Lipinski definition) is 0. The van der Waals surface area contributed by atoms with Crippen LogP contribution < -0.4 is 0 Å². The molecule has 4 nitrogen and oxygen atoms in total. The number of benzene rings is 1. The first-order valence-electron chi connectivity index (χ1n) is 4.25. The molecule has 0 saturated carbocycles. The van der Waals surface area contributed by atoms with Gasteiger partial charge < -0.3 is 9.42 Å². The van der Waals surface area contributed by atoms with Gasteiger partial charge in [0.2, 0.25) is 0 Å². The molecule has 0 fully saturated rings. The molecule has 0 spiro atoms. The summed E-state index contributed by atoms with van der Waals surface area (Å²) in [6, 6.07) is 5.41. The van der Waals surface area contributed by atoms with Gasteiger partial charge >= 0.3 is 0 Å². The average Bonchev–Trinajstić information content (AvgIpc) is 2.63. The smallest absolute Gasteiger partial charge is 0.257 e. The first-order valence-corrected chi connectivity index (χ1v) is 4.25. The lowest BCUT2D eigenvalue weighted by Gasteiger charge is -2.09. The Morgan fingerprint density at radius 1 is 1.43 bits per heavy atom. The minimum atomic E-state index is -0.0765. The normalized spacial score (nSPS) is 10.4. The SMILES string of the molecule is CN(C)C(=O)c1cccc2cnoc12. The summed E-state index contributed by atoms with van der Waals surface area (Å²) in [6.45, 7) is 0. The van der Waals surface area contributed by atoms with Gasteiger partial charge in [-0.15, -0.1) is 0 Å². The monoisotopic (exact) mass is 190 g/mol. The maximum Gasteiger partial charge on any atom is 0.257 e. The summed E-state index contributed by atoms with van der Waals surface area (Å²) in [5.41, 5.74) is 1.09. The van der Waals surface area contributed by atoms with Crippen molar-refractivity contribution >= 4 is 16.9 Å². The highest BCUT2D eigenvalue weighted by Crippen LogP contribution is 2.18.